The Hall–Kier alpha value is -1.63. The molecule has 5 nitrogen and oxygen atoms in total. The number of carbonyl (C=O) groups is 1. The lowest BCUT2D eigenvalue weighted by atomic mass is 10.0. The van der Waals surface area contributed by atoms with E-state index in [9.17, 15) is 14.3 Å². The highest BCUT2D eigenvalue weighted by molar-refractivity contribution is 6.31. The molecule has 1 unspecified atom stereocenters. The SMILES string of the molecule is C=Cc1c(F)c(Cl)cc(C2(C)OCCO2)c1OC(CCC)C(=O)O. The van der Waals surface area contributed by atoms with Crippen LogP contribution in [0.25, 0.3) is 6.08 Å². The Balaban J connectivity index is 2.59. The largest absolute Gasteiger partial charge is 0.479 e. The van der Waals surface area contributed by atoms with E-state index in [4.69, 9.17) is 25.8 Å². The lowest BCUT2D eigenvalue weighted by molar-refractivity contribution is -0.153. The standard InChI is InChI=1S/C17H20ClFO5/c1-4-6-13(16(20)21)24-15-10(5-2)14(19)12(18)9-11(15)17(3)22-7-8-23-17/h5,9,13H,2,4,6-8H2,1,3H3,(H,20,21). The van der Waals surface area contributed by atoms with E-state index >= 15 is 0 Å². The van der Waals surface area contributed by atoms with Gasteiger partial charge in [0.15, 0.2) is 17.7 Å². The molecular weight excluding hydrogens is 339 g/mol. The van der Waals surface area contributed by atoms with E-state index in [1.807, 2.05) is 6.92 Å². The molecule has 1 aliphatic rings. The van der Waals surface area contributed by atoms with Crippen LogP contribution in [-0.2, 0) is 20.1 Å². The van der Waals surface area contributed by atoms with Crippen LogP contribution < -0.4 is 4.74 Å². The van der Waals surface area contributed by atoms with Crippen molar-refractivity contribution < 1.29 is 28.5 Å². The van der Waals surface area contributed by atoms with Crippen molar-refractivity contribution in [1.82, 2.24) is 0 Å². The maximum atomic E-state index is 14.4. The van der Waals surface area contributed by atoms with E-state index in [0.717, 1.165) is 0 Å². The number of rotatable bonds is 7. The van der Waals surface area contributed by atoms with Gasteiger partial charge < -0.3 is 19.3 Å². The lowest BCUT2D eigenvalue weighted by Gasteiger charge is -2.28. The van der Waals surface area contributed by atoms with Crippen LogP contribution in [0.4, 0.5) is 4.39 Å². The number of carboxylic acid groups (broad SMARTS) is 1. The summed E-state index contributed by atoms with van der Waals surface area (Å²) in [6.45, 7) is 7.77. The van der Waals surface area contributed by atoms with Crippen molar-refractivity contribution in [3.63, 3.8) is 0 Å². The third-order valence-electron chi connectivity index (χ3n) is 3.82. The first-order chi connectivity index (χ1) is 11.3. The van der Waals surface area contributed by atoms with Crippen molar-refractivity contribution in [3.8, 4) is 5.75 Å². The van der Waals surface area contributed by atoms with Gasteiger partial charge in [0.2, 0.25) is 0 Å². The van der Waals surface area contributed by atoms with Crippen molar-refractivity contribution in [1.29, 1.82) is 0 Å². The van der Waals surface area contributed by atoms with Crippen LogP contribution in [0.15, 0.2) is 12.6 Å². The number of aliphatic carboxylic acids is 1. The van der Waals surface area contributed by atoms with Crippen LogP contribution >= 0.6 is 11.6 Å². The van der Waals surface area contributed by atoms with E-state index < -0.39 is 23.7 Å². The molecule has 2 rings (SSSR count). The summed E-state index contributed by atoms with van der Waals surface area (Å²) in [5.74, 6) is -3.03. The van der Waals surface area contributed by atoms with Crippen molar-refractivity contribution in [2.45, 2.75) is 38.6 Å². The first-order valence-corrected chi connectivity index (χ1v) is 8.04. The highest BCUT2D eigenvalue weighted by Gasteiger charge is 2.39. The average molecular weight is 359 g/mol. The Labute approximate surface area is 145 Å². The zero-order valence-corrected chi connectivity index (χ0v) is 14.4. The van der Waals surface area contributed by atoms with Gasteiger partial charge >= 0.3 is 5.97 Å². The minimum absolute atomic E-state index is 0.0137. The van der Waals surface area contributed by atoms with E-state index in [0.29, 0.717) is 25.2 Å². The first-order valence-electron chi connectivity index (χ1n) is 7.66. The molecule has 132 valence electrons. The molecule has 0 aliphatic carbocycles. The van der Waals surface area contributed by atoms with Crippen LogP contribution in [0.5, 0.6) is 5.75 Å². The molecule has 1 N–H and O–H groups in total. The Morgan fingerprint density at radius 2 is 2.21 bits per heavy atom. The molecule has 1 saturated heterocycles. The molecule has 0 bridgehead atoms. The zero-order chi connectivity index (χ0) is 17.9. The Morgan fingerprint density at radius 3 is 2.71 bits per heavy atom. The highest BCUT2D eigenvalue weighted by atomic mass is 35.5. The summed E-state index contributed by atoms with van der Waals surface area (Å²) >= 11 is 5.96. The normalized spacial score (nSPS) is 17.5. The second kappa shape index (κ2) is 7.51. The van der Waals surface area contributed by atoms with Gasteiger partial charge in [0.25, 0.3) is 0 Å². The summed E-state index contributed by atoms with van der Waals surface area (Å²) in [6.07, 6.45) is 0.978. The van der Waals surface area contributed by atoms with Gasteiger partial charge in [0.1, 0.15) is 5.75 Å². The molecule has 0 saturated carbocycles. The maximum Gasteiger partial charge on any atom is 0.344 e. The summed E-state index contributed by atoms with van der Waals surface area (Å²) in [6, 6.07) is 1.34. The van der Waals surface area contributed by atoms with E-state index in [-0.39, 0.29) is 22.8 Å². The third kappa shape index (κ3) is 3.55. The second-order valence-corrected chi connectivity index (χ2v) is 5.95. The molecular formula is C17H20ClFO5. The van der Waals surface area contributed by atoms with Gasteiger partial charge in [-0.15, -0.1) is 0 Å². The molecule has 1 fully saturated rings. The Kier molecular flexibility index (Phi) is 5.85. The summed E-state index contributed by atoms with van der Waals surface area (Å²) in [5, 5.41) is 9.20. The second-order valence-electron chi connectivity index (χ2n) is 5.54. The smallest absolute Gasteiger partial charge is 0.344 e. The van der Waals surface area contributed by atoms with E-state index in [2.05, 4.69) is 6.58 Å². The molecule has 24 heavy (non-hydrogen) atoms. The third-order valence-corrected chi connectivity index (χ3v) is 4.10. The fourth-order valence-electron chi connectivity index (χ4n) is 2.58. The summed E-state index contributed by atoms with van der Waals surface area (Å²) < 4.78 is 31.2. The van der Waals surface area contributed by atoms with Gasteiger partial charge in [0.05, 0.1) is 29.4 Å². The molecule has 1 aromatic rings. The van der Waals surface area contributed by atoms with Gasteiger partial charge in [-0.1, -0.05) is 37.6 Å². The number of hydrogen-bond donors (Lipinski definition) is 1. The lowest BCUT2D eigenvalue weighted by Crippen LogP contribution is -2.30. The molecule has 1 heterocycles. The molecule has 1 aromatic carbocycles. The fraction of sp³-hybridized carbons (Fsp3) is 0.471. The fourth-order valence-corrected chi connectivity index (χ4v) is 2.79. The predicted molar refractivity (Wildman–Crippen MR) is 87.7 cm³/mol. The van der Waals surface area contributed by atoms with E-state index in [1.165, 1.54) is 12.1 Å². The summed E-state index contributed by atoms with van der Waals surface area (Å²) in [5.41, 5.74) is 0.323. The summed E-state index contributed by atoms with van der Waals surface area (Å²) in [4.78, 5) is 11.4. The van der Waals surface area contributed by atoms with Crippen molar-refractivity contribution in [2.75, 3.05) is 13.2 Å². The number of hydrogen-bond acceptors (Lipinski definition) is 4. The van der Waals surface area contributed by atoms with Crippen LogP contribution in [0, 0.1) is 5.82 Å². The van der Waals surface area contributed by atoms with Crippen molar-refractivity contribution in [3.05, 3.63) is 34.6 Å². The zero-order valence-electron chi connectivity index (χ0n) is 13.6. The van der Waals surface area contributed by atoms with E-state index in [1.54, 1.807) is 6.92 Å². The van der Waals surface area contributed by atoms with Gasteiger partial charge in [-0.3, -0.25) is 0 Å². The van der Waals surface area contributed by atoms with Gasteiger partial charge in [-0.05, 0) is 19.4 Å². The Morgan fingerprint density at radius 1 is 1.58 bits per heavy atom. The first kappa shape index (κ1) is 18.7. The predicted octanol–water partition coefficient (Wildman–Crippen LogP) is 3.97. The van der Waals surface area contributed by atoms with Crippen LogP contribution in [-0.4, -0.2) is 30.4 Å². The number of benzene rings is 1. The molecule has 7 heteroatoms. The molecule has 0 aromatic heterocycles. The minimum atomic E-state index is -1.19. The maximum absolute atomic E-state index is 14.4. The quantitative estimate of drug-likeness (QED) is 0.798. The Bertz CT molecular complexity index is 640. The van der Waals surface area contributed by atoms with Crippen LogP contribution in [0.3, 0.4) is 0 Å². The number of carboxylic acids is 1. The molecule has 1 atom stereocenters. The summed E-state index contributed by atoms with van der Waals surface area (Å²) in [7, 11) is 0. The molecule has 0 amide bonds. The minimum Gasteiger partial charge on any atom is -0.479 e. The van der Waals surface area contributed by atoms with Crippen molar-refractivity contribution in [2.24, 2.45) is 0 Å². The van der Waals surface area contributed by atoms with Crippen LogP contribution in [0.1, 0.15) is 37.8 Å². The number of halogens is 2. The van der Waals surface area contributed by atoms with Crippen LogP contribution in [0.2, 0.25) is 5.02 Å². The molecule has 1 aliphatic heterocycles. The van der Waals surface area contributed by atoms with Gasteiger partial charge in [0, 0.05) is 0 Å². The average Bonchev–Trinajstić information content (AvgIpc) is 2.98. The van der Waals surface area contributed by atoms with Gasteiger partial charge in [-0.25, -0.2) is 9.18 Å². The molecule has 0 radical (unpaired) electrons. The monoisotopic (exact) mass is 358 g/mol. The number of ether oxygens (including phenoxy) is 3. The topological polar surface area (TPSA) is 65.0 Å². The van der Waals surface area contributed by atoms with Crippen molar-refractivity contribution >= 4 is 23.6 Å². The molecule has 0 spiro atoms. The van der Waals surface area contributed by atoms with Gasteiger partial charge in [-0.2, -0.15) is 0 Å². The highest BCUT2D eigenvalue weighted by Crippen LogP contribution is 2.43.